The summed E-state index contributed by atoms with van der Waals surface area (Å²) in [6, 6.07) is 10.6. The summed E-state index contributed by atoms with van der Waals surface area (Å²) in [6.45, 7) is 7.45. The van der Waals surface area contributed by atoms with Gasteiger partial charge in [-0.15, -0.1) is 0 Å². The highest BCUT2D eigenvalue weighted by Crippen LogP contribution is 2.64. The Morgan fingerprint density at radius 2 is 1.14 bits per heavy atom. The molecule has 376 valence electrons. The van der Waals surface area contributed by atoms with Gasteiger partial charge in [0.2, 0.25) is 0 Å². The summed E-state index contributed by atoms with van der Waals surface area (Å²) in [6.07, 6.45) is -10.9. The molecule has 0 spiro atoms. The lowest BCUT2D eigenvalue weighted by molar-refractivity contribution is -0.461. The number of carbonyl (C=O) groups excluding carboxylic acids is 2. The summed E-state index contributed by atoms with van der Waals surface area (Å²) >= 11 is 0. The normalized spacial score (nSPS) is 14.6. The molecule has 1 N–H and O–H groups in total. The van der Waals surface area contributed by atoms with Gasteiger partial charge in [-0.05, 0) is 72.9 Å². The van der Waals surface area contributed by atoms with Crippen LogP contribution in [0, 0.1) is 0 Å². The molecule has 0 fully saturated rings. The van der Waals surface area contributed by atoms with E-state index in [0.29, 0.717) is 17.0 Å². The quantitative estimate of drug-likeness (QED) is 0.0368. The topological polar surface area (TPSA) is 92.3 Å². The first kappa shape index (κ1) is 57.6. The molecule has 0 saturated heterocycles. The zero-order valence-corrected chi connectivity index (χ0v) is 37.0. The fraction of sp³-hybridized carbons (Fsp3) is 0.600. The molecule has 66 heavy (non-hydrogen) atoms. The van der Waals surface area contributed by atoms with Crippen molar-refractivity contribution in [3.63, 3.8) is 0 Å². The van der Waals surface area contributed by atoms with Crippen LogP contribution in [0.15, 0.2) is 60.2 Å². The zero-order chi connectivity index (χ0) is 51.1. The molecule has 0 aliphatic rings. The Morgan fingerprint density at radius 3 is 1.59 bits per heavy atom. The van der Waals surface area contributed by atoms with E-state index in [1.165, 1.54) is 84.2 Å². The van der Waals surface area contributed by atoms with Gasteiger partial charge in [-0.2, -0.15) is 74.6 Å². The van der Waals surface area contributed by atoms with E-state index in [0.717, 1.165) is 0 Å². The predicted molar refractivity (Wildman–Crippen MR) is 205 cm³/mol. The Labute approximate surface area is 368 Å². The third-order valence-electron chi connectivity index (χ3n) is 10.4. The van der Waals surface area contributed by atoms with Crippen LogP contribution < -0.4 is 14.8 Å². The number of benzene rings is 2. The molecule has 1 amide bonds. The Morgan fingerprint density at radius 1 is 0.667 bits per heavy atom. The molecule has 0 unspecified atom stereocenters. The molecule has 1 atom stereocenters. The fourth-order valence-electron chi connectivity index (χ4n) is 6.34. The highest BCUT2D eigenvalue weighted by atomic mass is 28.4. The van der Waals surface area contributed by atoms with Gasteiger partial charge in [0.1, 0.15) is 24.2 Å². The average Bonchev–Trinajstić information content (AvgIpc) is 3.21. The molecule has 2 rings (SSSR count). The zero-order valence-electron chi connectivity index (χ0n) is 36.0. The molecule has 8 nitrogen and oxygen atoms in total. The summed E-state index contributed by atoms with van der Waals surface area (Å²) in [5, 5.41) is 2.54. The van der Waals surface area contributed by atoms with Crippen LogP contribution in [0.2, 0.25) is 17.1 Å². The van der Waals surface area contributed by atoms with Crippen LogP contribution in [0.4, 0.5) is 85.1 Å². The van der Waals surface area contributed by atoms with E-state index in [-0.39, 0.29) is 24.4 Å². The van der Waals surface area contributed by atoms with Crippen molar-refractivity contribution in [2.75, 3.05) is 32.2 Å². The predicted octanol–water partition coefficient (Wildman–Crippen LogP) is 13.4. The van der Waals surface area contributed by atoms with Gasteiger partial charge in [-0.25, -0.2) is 9.59 Å². The van der Waals surface area contributed by atoms with Gasteiger partial charge < -0.3 is 23.4 Å². The van der Waals surface area contributed by atoms with Crippen LogP contribution in [0.5, 0.6) is 11.5 Å². The SMILES string of the molecule is CCOC(=O)/C(C)=C/C[C@@H](OC(=O)Nc1ccc(OC)cc1)c1ccc(OCCO[Si](CCC(F)(F)C(F)(F)C(F)(F)C(F)(F)C(F)(F)C(F)(F)C(F)(F)C(F)(F)F)(C(C)C)C(C)C)cc1. The summed E-state index contributed by atoms with van der Waals surface area (Å²) < 4.78 is 263. The summed E-state index contributed by atoms with van der Waals surface area (Å²) in [4.78, 5) is 25.0. The minimum absolute atomic E-state index is 0.0276. The van der Waals surface area contributed by atoms with E-state index in [4.69, 9.17) is 23.4 Å². The first-order valence-corrected chi connectivity index (χ1v) is 21.8. The second-order valence-corrected chi connectivity index (χ2v) is 20.3. The second kappa shape index (κ2) is 21.2. The molecule has 0 saturated carbocycles. The van der Waals surface area contributed by atoms with E-state index >= 15 is 0 Å². The van der Waals surface area contributed by atoms with Gasteiger partial charge in [0.25, 0.3) is 0 Å². The van der Waals surface area contributed by atoms with E-state index in [2.05, 4.69) is 5.32 Å². The number of alkyl halides is 17. The van der Waals surface area contributed by atoms with Crippen molar-refractivity contribution in [2.24, 2.45) is 0 Å². The van der Waals surface area contributed by atoms with Crippen molar-refractivity contribution in [3.05, 3.63) is 65.7 Å². The number of carbonyl (C=O) groups is 2. The van der Waals surface area contributed by atoms with Crippen LogP contribution in [-0.4, -0.2) is 94.9 Å². The van der Waals surface area contributed by atoms with Gasteiger partial charge in [0.15, 0.2) is 8.32 Å². The molecule has 0 aliphatic carbocycles. The van der Waals surface area contributed by atoms with E-state index in [1.54, 1.807) is 19.1 Å². The maximum atomic E-state index is 15.0. The largest absolute Gasteiger partial charge is 0.497 e. The van der Waals surface area contributed by atoms with E-state index in [1.807, 2.05) is 0 Å². The standard InChI is InChI=1S/C40H46F17NO7Si/c1-8-62-31(59)25(6)9-18-30(65-32(60)58-27-12-16-28(61-7)17-13-27)26-10-14-29(15-11-26)63-20-21-64-66(23(2)3,24(4)5)22-19-33(41,42)34(43,44)35(45,46)36(47,48)37(49,50)38(51,52)39(53,54)40(55,56)57/h9-17,23-24,30H,8,18-22H2,1-7H3,(H,58,60)/b25-9+/t30-/m1/s1. The molecule has 0 radical (unpaired) electrons. The number of anilines is 1. The van der Waals surface area contributed by atoms with Crippen LogP contribution in [0.3, 0.4) is 0 Å². The molecule has 0 aliphatic heterocycles. The van der Waals surface area contributed by atoms with Gasteiger partial charge in [-0.3, -0.25) is 5.32 Å². The molecule has 2 aromatic rings. The second-order valence-electron chi connectivity index (χ2n) is 15.3. The minimum atomic E-state index is -8.70. The number of nitrogens with one attached hydrogen (secondary N) is 1. The Hall–Kier alpha value is -4.49. The van der Waals surface area contributed by atoms with Crippen molar-refractivity contribution in [3.8, 4) is 11.5 Å². The maximum absolute atomic E-state index is 15.0. The number of hydrogen-bond acceptors (Lipinski definition) is 7. The van der Waals surface area contributed by atoms with Crippen LogP contribution in [0.25, 0.3) is 0 Å². The van der Waals surface area contributed by atoms with Crippen molar-refractivity contribution in [1.82, 2.24) is 0 Å². The molecule has 26 heteroatoms. The number of halogens is 17. The smallest absolute Gasteiger partial charge is 0.460 e. The summed E-state index contributed by atoms with van der Waals surface area (Å²) in [5.41, 5.74) is -0.864. The minimum Gasteiger partial charge on any atom is -0.497 e. The van der Waals surface area contributed by atoms with Gasteiger partial charge >= 0.3 is 59.7 Å². The molecule has 0 bridgehead atoms. The molecule has 2 aromatic carbocycles. The highest BCUT2D eigenvalue weighted by Gasteiger charge is 2.95. The lowest BCUT2D eigenvalue weighted by atomic mass is 9.88. The maximum Gasteiger partial charge on any atom is 0.460 e. The van der Waals surface area contributed by atoms with Gasteiger partial charge in [0, 0.05) is 24.1 Å². The number of methoxy groups -OCH3 is 1. The van der Waals surface area contributed by atoms with Gasteiger partial charge in [0.05, 0.1) is 20.3 Å². The van der Waals surface area contributed by atoms with Crippen molar-refractivity contribution in [1.29, 1.82) is 0 Å². The Bertz CT molecular complexity index is 1940. The van der Waals surface area contributed by atoms with Crippen molar-refractivity contribution < 1.29 is 108 Å². The Balaban J connectivity index is 2.29. The first-order chi connectivity index (χ1) is 30.0. The lowest BCUT2D eigenvalue weighted by Crippen LogP contribution is -2.74. The van der Waals surface area contributed by atoms with E-state index in [9.17, 15) is 84.2 Å². The third-order valence-corrected chi connectivity index (χ3v) is 16.0. The summed E-state index contributed by atoms with van der Waals surface area (Å²) in [5.74, 6) is -56.9. The van der Waals surface area contributed by atoms with Crippen molar-refractivity contribution in [2.45, 2.75) is 125 Å². The molecular formula is C40H46F17NO7Si. The molecule has 0 heterocycles. The number of hydrogen-bond donors (Lipinski definition) is 1. The molecular weight excluding hydrogens is 957 g/mol. The third kappa shape index (κ3) is 11.8. The molecule has 0 aromatic heterocycles. The first-order valence-electron chi connectivity index (χ1n) is 19.5. The number of amides is 1. The average molecular weight is 1000 g/mol. The fourth-order valence-corrected chi connectivity index (χ4v) is 10.8. The van der Waals surface area contributed by atoms with Gasteiger partial charge in [-0.1, -0.05) is 45.9 Å². The number of esters is 1. The van der Waals surface area contributed by atoms with Crippen LogP contribution in [-0.2, 0) is 18.7 Å². The van der Waals surface area contributed by atoms with Crippen molar-refractivity contribution >= 4 is 26.1 Å². The summed E-state index contributed by atoms with van der Waals surface area (Å²) in [7, 11) is -2.57. The highest BCUT2D eigenvalue weighted by molar-refractivity contribution is 6.76. The van der Waals surface area contributed by atoms with Crippen LogP contribution in [0.1, 0.15) is 66.1 Å². The Kier molecular flexibility index (Phi) is 18.5. The number of rotatable bonds is 24. The lowest BCUT2D eigenvalue weighted by Gasteiger charge is -2.44. The van der Waals surface area contributed by atoms with Crippen LogP contribution >= 0.6 is 0 Å². The number of ether oxygens (including phenoxy) is 4. The monoisotopic (exact) mass is 1000 g/mol. The van der Waals surface area contributed by atoms with E-state index < -0.39 is 111 Å².